The maximum Gasteiger partial charge on any atom is 0.418 e. The van der Waals surface area contributed by atoms with Crippen molar-refractivity contribution in [3.8, 4) is 0 Å². The lowest BCUT2D eigenvalue weighted by molar-refractivity contribution is -0.151. The van der Waals surface area contributed by atoms with E-state index in [1.807, 2.05) is 5.48 Å². The number of urea groups is 1. The number of carbonyl (C=O) groups excluding carboxylic acids is 2. The predicted octanol–water partition coefficient (Wildman–Crippen LogP) is -1.88. The summed E-state index contributed by atoms with van der Waals surface area (Å²) >= 11 is 0. The molecule has 22 heavy (non-hydrogen) atoms. The maximum absolute atomic E-state index is 12.0. The average molecular weight is 339 g/mol. The van der Waals surface area contributed by atoms with E-state index in [1.54, 1.807) is 0 Å². The van der Waals surface area contributed by atoms with Crippen molar-refractivity contribution >= 4 is 28.3 Å². The largest absolute Gasteiger partial charge is 0.479 e. The van der Waals surface area contributed by atoms with Gasteiger partial charge in [-0.1, -0.05) is 0 Å². The van der Waals surface area contributed by atoms with Crippen LogP contribution in [0.25, 0.3) is 0 Å². The van der Waals surface area contributed by atoms with Gasteiger partial charge in [-0.3, -0.25) is 14.2 Å². The van der Waals surface area contributed by atoms with E-state index in [0.717, 1.165) is 4.90 Å². The Morgan fingerprint density at radius 1 is 1.36 bits per heavy atom. The molecule has 0 aromatic carbocycles. The molecule has 0 aromatic rings. The van der Waals surface area contributed by atoms with Crippen LogP contribution in [-0.4, -0.2) is 71.2 Å². The van der Waals surface area contributed by atoms with Gasteiger partial charge in [0.15, 0.2) is 6.61 Å². The van der Waals surface area contributed by atoms with Crippen molar-refractivity contribution in [2.24, 2.45) is 0 Å². The molecular weight excluding hydrogens is 326 g/mol. The molecule has 2 heterocycles. The fourth-order valence-corrected chi connectivity index (χ4v) is 2.73. The average Bonchev–Trinajstić information content (AvgIpc) is 2.62. The fourth-order valence-electron chi connectivity index (χ4n) is 2.34. The summed E-state index contributed by atoms with van der Waals surface area (Å²) in [5.74, 6) is -2.02. The minimum absolute atomic E-state index is 0.0331. The summed E-state index contributed by atoms with van der Waals surface area (Å²) in [6.07, 6.45) is 0.457. The number of nitrogens with zero attached hydrogens (tertiary/aromatic N) is 2. The second kappa shape index (κ2) is 6.04. The van der Waals surface area contributed by atoms with Gasteiger partial charge in [-0.15, -0.1) is 4.28 Å². The van der Waals surface area contributed by atoms with Crippen LogP contribution < -0.4 is 5.48 Å². The number of fused-ring (bicyclic) bond motifs is 2. The number of carbonyl (C=O) groups is 3. The molecule has 0 saturated carbocycles. The number of carboxylic acids is 1. The molecular formula is C9H13N3O9S. The molecule has 2 atom stereocenters. The first-order valence-corrected chi connectivity index (χ1v) is 7.46. The van der Waals surface area contributed by atoms with Crippen molar-refractivity contribution in [1.29, 1.82) is 0 Å². The van der Waals surface area contributed by atoms with Crippen molar-refractivity contribution in [1.82, 2.24) is 15.4 Å². The number of nitrogens with one attached hydrogen (secondary N) is 1. The van der Waals surface area contributed by atoms with Gasteiger partial charge in [0, 0.05) is 6.54 Å². The van der Waals surface area contributed by atoms with E-state index in [-0.39, 0.29) is 19.4 Å². The number of rotatable bonds is 6. The highest BCUT2D eigenvalue weighted by atomic mass is 32.3. The Hall–Kier alpha value is -1.96. The lowest BCUT2D eigenvalue weighted by Gasteiger charge is -2.28. The van der Waals surface area contributed by atoms with E-state index in [4.69, 9.17) is 9.66 Å². The Bertz CT molecular complexity index is 591. The highest BCUT2D eigenvalue weighted by molar-refractivity contribution is 7.80. The van der Waals surface area contributed by atoms with Gasteiger partial charge in [-0.25, -0.2) is 15.1 Å². The summed E-state index contributed by atoms with van der Waals surface area (Å²) in [5.41, 5.74) is 1.91. The molecule has 13 heteroatoms. The number of piperidine rings is 1. The normalized spacial score (nSPS) is 24.5. The molecule has 2 fully saturated rings. The highest BCUT2D eigenvalue weighted by Crippen LogP contribution is 2.30. The third-order valence-electron chi connectivity index (χ3n) is 3.17. The van der Waals surface area contributed by atoms with Crippen LogP contribution in [0, 0.1) is 0 Å². The summed E-state index contributed by atoms with van der Waals surface area (Å²) in [7, 11) is -4.85. The first-order chi connectivity index (χ1) is 10.2. The first kappa shape index (κ1) is 16.4. The molecule has 0 unspecified atom stereocenters. The number of hydroxylamine groups is 3. The summed E-state index contributed by atoms with van der Waals surface area (Å²) in [6, 6.07) is -2.45. The molecule has 3 N–H and O–H groups in total. The Morgan fingerprint density at radius 2 is 2.05 bits per heavy atom. The molecule has 0 aromatic heterocycles. The molecule has 12 nitrogen and oxygen atoms in total. The number of amides is 3. The van der Waals surface area contributed by atoms with Gasteiger partial charge in [0.05, 0.1) is 6.04 Å². The van der Waals surface area contributed by atoms with Crippen LogP contribution in [-0.2, 0) is 29.1 Å². The summed E-state index contributed by atoms with van der Waals surface area (Å²) in [4.78, 5) is 39.6. The molecule has 124 valence electrons. The zero-order valence-electron chi connectivity index (χ0n) is 11.0. The van der Waals surface area contributed by atoms with E-state index in [2.05, 4.69) is 9.12 Å². The van der Waals surface area contributed by atoms with Crippen molar-refractivity contribution in [3.63, 3.8) is 0 Å². The van der Waals surface area contributed by atoms with Crippen molar-refractivity contribution in [3.05, 3.63) is 0 Å². The zero-order valence-corrected chi connectivity index (χ0v) is 11.9. The number of aliphatic carboxylic acids is 1. The minimum atomic E-state index is -4.85. The summed E-state index contributed by atoms with van der Waals surface area (Å²) in [5, 5.41) is 8.88. The molecule has 0 radical (unpaired) electrons. The first-order valence-electron chi connectivity index (χ1n) is 6.09. The fraction of sp³-hybridized carbons (Fsp3) is 0.667. The topological polar surface area (TPSA) is 163 Å². The van der Waals surface area contributed by atoms with Gasteiger partial charge in [0.1, 0.15) is 6.04 Å². The minimum Gasteiger partial charge on any atom is -0.479 e. The Balaban J connectivity index is 1.99. The van der Waals surface area contributed by atoms with Crippen LogP contribution >= 0.6 is 0 Å². The standard InChI is InChI=1S/C9H13N3O9S/c13-7(14)4-20-10-8(15)6-2-1-5-3-11(6)9(16)12(5)21-22(17,18)19/h5-6H,1-4H2,(H,10,15)(H,13,14)(H,17,18,19)/t5-,6+/m1/s1. The molecule has 2 aliphatic heterocycles. The lowest BCUT2D eigenvalue weighted by atomic mass is 10.0. The molecule has 3 amide bonds. The van der Waals surface area contributed by atoms with E-state index in [1.165, 1.54) is 0 Å². The van der Waals surface area contributed by atoms with Gasteiger partial charge in [-0.05, 0) is 12.8 Å². The van der Waals surface area contributed by atoms with Gasteiger partial charge in [-0.2, -0.15) is 13.5 Å². The van der Waals surface area contributed by atoms with Crippen LogP contribution in [0.15, 0.2) is 0 Å². The van der Waals surface area contributed by atoms with E-state index in [9.17, 15) is 22.8 Å². The number of carboxylic acid groups (broad SMARTS) is 1. The van der Waals surface area contributed by atoms with Crippen LogP contribution in [0.4, 0.5) is 4.79 Å². The molecule has 2 saturated heterocycles. The van der Waals surface area contributed by atoms with Crippen LogP contribution in [0.2, 0.25) is 0 Å². The lowest BCUT2D eigenvalue weighted by Crippen LogP contribution is -2.50. The van der Waals surface area contributed by atoms with E-state index >= 15 is 0 Å². The molecule has 2 rings (SSSR count). The van der Waals surface area contributed by atoms with Gasteiger partial charge in [0.25, 0.3) is 5.91 Å². The molecule has 0 spiro atoms. The van der Waals surface area contributed by atoms with E-state index in [0.29, 0.717) is 5.06 Å². The number of hydrogen-bond donors (Lipinski definition) is 3. The Labute approximate surface area is 124 Å². The molecule has 2 aliphatic rings. The summed E-state index contributed by atoms with van der Waals surface area (Å²) < 4.78 is 34.3. The van der Waals surface area contributed by atoms with Gasteiger partial charge < -0.3 is 10.0 Å². The van der Waals surface area contributed by atoms with E-state index < -0.39 is 47.0 Å². The maximum atomic E-state index is 12.0. The van der Waals surface area contributed by atoms with Crippen molar-refractivity contribution in [2.45, 2.75) is 24.9 Å². The molecule has 2 bridgehead atoms. The van der Waals surface area contributed by atoms with Crippen LogP contribution in [0.5, 0.6) is 0 Å². The zero-order chi connectivity index (χ0) is 16.5. The smallest absolute Gasteiger partial charge is 0.418 e. The second-order valence-electron chi connectivity index (χ2n) is 4.66. The highest BCUT2D eigenvalue weighted by Gasteiger charge is 2.49. The van der Waals surface area contributed by atoms with Crippen molar-refractivity contribution in [2.75, 3.05) is 13.2 Å². The quantitative estimate of drug-likeness (QED) is 0.371. The third-order valence-corrected chi connectivity index (χ3v) is 3.52. The second-order valence-corrected chi connectivity index (χ2v) is 5.66. The van der Waals surface area contributed by atoms with Crippen LogP contribution in [0.1, 0.15) is 12.8 Å². The Morgan fingerprint density at radius 3 is 2.64 bits per heavy atom. The monoisotopic (exact) mass is 339 g/mol. The summed E-state index contributed by atoms with van der Waals surface area (Å²) in [6.45, 7) is -0.710. The van der Waals surface area contributed by atoms with Gasteiger partial charge in [0.2, 0.25) is 0 Å². The van der Waals surface area contributed by atoms with Crippen molar-refractivity contribution < 1.29 is 41.6 Å². The molecule has 0 aliphatic carbocycles. The van der Waals surface area contributed by atoms with Gasteiger partial charge >= 0.3 is 22.4 Å². The Kier molecular flexibility index (Phi) is 4.50. The van der Waals surface area contributed by atoms with Crippen LogP contribution in [0.3, 0.4) is 0 Å². The SMILES string of the molecule is O=C(O)CONC(=O)[C@@H]1CC[C@@H]2CN1C(=O)N2OS(=O)(=O)O. The predicted molar refractivity (Wildman–Crippen MR) is 65.1 cm³/mol. The third kappa shape index (κ3) is 3.62. The number of hydrogen-bond acceptors (Lipinski definition) is 7.